The number of aromatic carboxylic acids is 1. The fourth-order valence-corrected chi connectivity index (χ4v) is 2.91. The number of nitrogens with one attached hydrogen (secondary N) is 1. The Labute approximate surface area is 148 Å². The zero-order valence-corrected chi connectivity index (χ0v) is 13.6. The number of benzene rings is 1. The number of nitrogens with zero attached hydrogens (tertiary/aromatic N) is 2. The van der Waals surface area contributed by atoms with Gasteiger partial charge in [0, 0.05) is 11.1 Å². The van der Waals surface area contributed by atoms with E-state index in [1.165, 1.54) is 18.2 Å². The second-order valence-corrected chi connectivity index (χ2v) is 6.08. The van der Waals surface area contributed by atoms with E-state index in [-0.39, 0.29) is 16.8 Å². The summed E-state index contributed by atoms with van der Waals surface area (Å²) in [6.45, 7) is 0. The zero-order valence-electron chi connectivity index (χ0n) is 12.8. The van der Waals surface area contributed by atoms with E-state index in [1.54, 1.807) is 5.38 Å². The number of aromatic nitrogens is 2. The van der Waals surface area contributed by atoms with E-state index in [1.807, 2.05) is 0 Å². The van der Waals surface area contributed by atoms with Crippen LogP contribution < -0.4 is 10.0 Å². The molecule has 2 aromatic heterocycles. The molecule has 0 radical (unpaired) electrons. The molecule has 3 aromatic rings. The molecule has 3 rings (SSSR count). The molecule has 0 fully saturated rings. The summed E-state index contributed by atoms with van der Waals surface area (Å²) in [6, 6.07) is 5.95. The molecule has 10 heteroatoms. The van der Waals surface area contributed by atoms with Gasteiger partial charge in [-0.2, -0.15) is 17.9 Å². The maximum absolute atomic E-state index is 12.8. The van der Waals surface area contributed by atoms with E-state index in [4.69, 9.17) is 5.11 Å². The number of hydrogen-bond donors (Lipinski definition) is 2. The largest absolute Gasteiger partial charge is 0.619 e. The molecule has 0 spiro atoms. The van der Waals surface area contributed by atoms with Gasteiger partial charge in [-0.3, -0.25) is 0 Å². The summed E-state index contributed by atoms with van der Waals surface area (Å²) in [4.78, 5) is 15.2. The summed E-state index contributed by atoms with van der Waals surface area (Å²) in [5.41, 5.74) is -0.164. The van der Waals surface area contributed by atoms with Gasteiger partial charge in [-0.1, -0.05) is 6.07 Å². The van der Waals surface area contributed by atoms with Gasteiger partial charge in [-0.15, -0.1) is 11.3 Å². The molecule has 0 saturated heterocycles. The molecule has 0 amide bonds. The number of halogens is 3. The number of anilines is 2. The van der Waals surface area contributed by atoms with E-state index in [0.29, 0.717) is 15.6 Å². The molecule has 6 nitrogen and oxygen atoms in total. The van der Waals surface area contributed by atoms with Gasteiger partial charge >= 0.3 is 12.1 Å². The van der Waals surface area contributed by atoms with E-state index in [0.717, 1.165) is 35.9 Å². The van der Waals surface area contributed by atoms with Gasteiger partial charge in [0.2, 0.25) is 0 Å². The molecule has 0 bridgehead atoms. The van der Waals surface area contributed by atoms with E-state index in [2.05, 4.69) is 10.3 Å². The van der Waals surface area contributed by atoms with Gasteiger partial charge in [0.1, 0.15) is 5.56 Å². The van der Waals surface area contributed by atoms with Crippen LogP contribution in [0.3, 0.4) is 0 Å². The molecule has 2 N–H and O–H groups in total. The first-order valence-corrected chi connectivity index (χ1v) is 7.98. The highest BCUT2D eigenvalue weighted by atomic mass is 32.1. The lowest BCUT2D eigenvalue weighted by atomic mass is 10.1. The van der Waals surface area contributed by atoms with Crippen molar-refractivity contribution >= 4 is 28.1 Å². The summed E-state index contributed by atoms with van der Waals surface area (Å²) < 4.78 is 38.6. The minimum atomic E-state index is -4.45. The number of thiazole rings is 1. The average Bonchev–Trinajstić information content (AvgIpc) is 3.02. The van der Waals surface area contributed by atoms with Gasteiger partial charge in [-0.25, -0.2) is 9.78 Å². The lowest BCUT2D eigenvalue weighted by Gasteiger charge is -2.08. The van der Waals surface area contributed by atoms with Crippen molar-refractivity contribution in [2.24, 2.45) is 0 Å². The first-order valence-electron chi connectivity index (χ1n) is 7.10. The third kappa shape index (κ3) is 3.91. The van der Waals surface area contributed by atoms with E-state index < -0.39 is 17.7 Å². The Morgan fingerprint density at radius 3 is 2.73 bits per heavy atom. The van der Waals surface area contributed by atoms with Crippen LogP contribution in [-0.4, -0.2) is 16.1 Å². The van der Waals surface area contributed by atoms with Gasteiger partial charge in [0.25, 0.3) is 0 Å². The molecular weight excluding hydrogens is 371 g/mol. The minimum absolute atomic E-state index is 0.196. The SMILES string of the molecule is O=C(O)c1cc(-c2csc(Nc3cccc(C(F)(F)F)c3)n2)c[n+]([O-])c1. The third-order valence-electron chi connectivity index (χ3n) is 3.33. The Morgan fingerprint density at radius 1 is 1.27 bits per heavy atom. The molecule has 0 saturated carbocycles. The fourth-order valence-electron chi connectivity index (χ4n) is 2.17. The third-order valence-corrected chi connectivity index (χ3v) is 4.09. The zero-order chi connectivity index (χ0) is 18.9. The summed E-state index contributed by atoms with van der Waals surface area (Å²) >= 11 is 1.11. The van der Waals surface area contributed by atoms with Crippen molar-refractivity contribution in [3.8, 4) is 11.3 Å². The smallest absolute Gasteiger partial charge is 0.416 e. The van der Waals surface area contributed by atoms with Gasteiger partial charge in [-0.05, 0) is 24.3 Å². The predicted octanol–water partition coefficient (Wildman–Crippen LogP) is 3.90. The Morgan fingerprint density at radius 2 is 2.04 bits per heavy atom. The number of rotatable bonds is 4. The lowest BCUT2D eigenvalue weighted by Crippen LogP contribution is -2.26. The number of carboxylic acid groups (broad SMARTS) is 1. The Kier molecular flexibility index (Phi) is 4.51. The average molecular weight is 381 g/mol. The molecule has 0 unspecified atom stereocenters. The Hall–Kier alpha value is -3.14. The van der Waals surface area contributed by atoms with Crippen LogP contribution in [0.25, 0.3) is 11.3 Å². The lowest BCUT2D eigenvalue weighted by molar-refractivity contribution is -0.605. The summed E-state index contributed by atoms with van der Waals surface area (Å²) in [6.07, 6.45) is -2.37. The molecule has 0 aliphatic heterocycles. The van der Waals surface area contributed by atoms with Crippen molar-refractivity contribution in [1.29, 1.82) is 0 Å². The van der Waals surface area contributed by atoms with Crippen LogP contribution >= 0.6 is 11.3 Å². The number of hydrogen-bond acceptors (Lipinski definition) is 5. The van der Waals surface area contributed by atoms with Gasteiger partial charge in [0.15, 0.2) is 17.5 Å². The summed E-state index contributed by atoms with van der Waals surface area (Å²) in [5.74, 6) is -1.26. The first kappa shape index (κ1) is 17.7. The van der Waals surface area contributed by atoms with Crippen molar-refractivity contribution in [2.45, 2.75) is 6.18 Å². The molecule has 1 aromatic carbocycles. The van der Waals surface area contributed by atoms with Crippen molar-refractivity contribution in [3.63, 3.8) is 0 Å². The molecule has 0 aliphatic carbocycles. The van der Waals surface area contributed by atoms with E-state index in [9.17, 15) is 23.2 Å². The van der Waals surface area contributed by atoms with Gasteiger partial charge in [0.05, 0.1) is 16.8 Å². The number of carboxylic acids is 1. The molecule has 2 heterocycles. The van der Waals surface area contributed by atoms with Crippen LogP contribution in [0, 0.1) is 5.21 Å². The van der Waals surface area contributed by atoms with Crippen LogP contribution in [0.15, 0.2) is 48.1 Å². The van der Waals surface area contributed by atoms with Crippen molar-refractivity contribution in [2.75, 3.05) is 5.32 Å². The second kappa shape index (κ2) is 6.64. The number of pyridine rings is 1. The molecule has 134 valence electrons. The predicted molar refractivity (Wildman–Crippen MR) is 88.2 cm³/mol. The molecule has 0 aliphatic rings. The molecular formula is C16H10F3N3O3S. The highest BCUT2D eigenvalue weighted by Crippen LogP contribution is 2.32. The monoisotopic (exact) mass is 381 g/mol. The molecule has 26 heavy (non-hydrogen) atoms. The number of alkyl halides is 3. The maximum atomic E-state index is 12.8. The highest BCUT2D eigenvalue weighted by molar-refractivity contribution is 7.14. The normalized spacial score (nSPS) is 11.3. The van der Waals surface area contributed by atoms with Gasteiger partial charge < -0.3 is 15.6 Å². The van der Waals surface area contributed by atoms with Crippen LogP contribution in [-0.2, 0) is 6.18 Å². The van der Waals surface area contributed by atoms with Crippen LogP contribution in [0.2, 0.25) is 0 Å². The van der Waals surface area contributed by atoms with E-state index >= 15 is 0 Å². The van der Waals surface area contributed by atoms with Crippen molar-refractivity contribution in [3.05, 3.63) is 64.4 Å². The Bertz CT molecular complexity index is 973. The topological polar surface area (TPSA) is 89.2 Å². The second-order valence-electron chi connectivity index (χ2n) is 5.22. The first-order chi connectivity index (χ1) is 12.2. The maximum Gasteiger partial charge on any atom is 0.416 e. The summed E-state index contributed by atoms with van der Waals surface area (Å²) in [5, 5.41) is 25.2. The van der Waals surface area contributed by atoms with Crippen LogP contribution in [0.5, 0.6) is 0 Å². The Balaban J connectivity index is 1.86. The molecule has 0 atom stereocenters. The van der Waals surface area contributed by atoms with Crippen LogP contribution in [0.4, 0.5) is 24.0 Å². The highest BCUT2D eigenvalue weighted by Gasteiger charge is 2.30. The fraction of sp³-hybridized carbons (Fsp3) is 0.0625. The summed E-state index contributed by atoms with van der Waals surface area (Å²) in [7, 11) is 0. The van der Waals surface area contributed by atoms with Crippen LogP contribution in [0.1, 0.15) is 15.9 Å². The quantitative estimate of drug-likeness (QED) is 0.528. The standard InChI is InChI=1S/C16H10F3N3O3S/c17-16(18,19)11-2-1-3-12(5-11)20-15-21-13(8-26-15)9-4-10(14(23)24)7-22(25)6-9/h1-8H,(H,20,21)(H,23,24). The minimum Gasteiger partial charge on any atom is -0.619 e. The van der Waals surface area contributed by atoms with Crippen molar-refractivity contribution < 1.29 is 27.8 Å². The number of carbonyl (C=O) groups is 1. The van der Waals surface area contributed by atoms with Crippen molar-refractivity contribution in [1.82, 2.24) is 4.98 Å².